The molecule has 3 N–H and O–H groups in total. The van der Waals surface area contributed by atoms with Gasteiger partial charge in [0.15, 0.2) is 5.13 Å². The number of nitrogens with two attached hydrogens (primary N) is 1. The molecule has 0 fully saturated rings. The number of nitrogen functional groups attached to an aromatic ring is 1. The maximum Gasteiger partial charge on any atom is 0.221 e. The molecule has 1 atom stereocenters. The molecule has 8 heteroatoms. The van der Waals surface area contributed by atoms with Gasteiger partial charge in [0.1, 0.15) is 11.5 Å². The van der Waals surface area contributed by atoms with Crippen molar-refractivity contribution in [3.63, 3.8) is 0 Å². The summed E-state index contributed by atoms with van der Waals surface area (Å²) in [5.41, 5.74) is 7.46. The van der Waals surface area contributed by atoms with E-state index in [-0.39, 0.29) is 18.2 Å². The predicted octanol–water partition coefficient (Wildman–Crippen LogP) is 2.55. The number of fused-ring (bicyclic) bond motifs is 1. The van der Waals surface area contributed by atoms with Gasteiger partial charge < -0.3 is 20.5 Å². The highest BCUT2D eigenvalue weighted by atomic mass is 35.5. The predicted molar refractivity (Wildman–Crippen MR) is 89.4 cm³/mol. The number of rotatable bonds is 3. The standard InChI is InChI=1S/C15H16ClN3O3S/c1-21-11-5-12(22-2)9(16)3-7(11)8-4-13(20)18-6-10-14(8)23-15(17)19-10/h3,5,8H,4,6H2,1-2H3,(H2,17,19)(H,18,20)/t8-/m0/s1. The number of hydrogen-bond donors (Lipinski definition) is 2. The Bertz CT molecular complexity index is 763. The summed E-state index contributed by atoms with van der Waals surface area (Å²) in [5, 5.41) is 3.79. The van der Waals surface area contributed by atoms with Crippen LogP contribution in [0.5, 0.6) is 11.5 Å². The first-order valence-electron chi connectivity index (χ1n) is 6.96. The van der Waals surface area contributed by atoms with Gasteiger partial charge >= 0.3 is 0 Å². The van der Waals surface area contributed by atoms with E-state index in [2.05, 4.69) is 10.3 Å². The van der Waals surface area contributed by atoms with E-state index in [0.717, 1.165) is 16.1 Å². The first-order valence-corrected chi connectivity index (χ1v) is 8.16. The molecule has 122 valence electrons. The van der Waals surface area contributed by atoms with Crippen molar-refractivity contribution in [1.82, 2.24) is 10.3 Å². The van der Waals surface area contributed by atoms with Gasteiger partial charge in [-0.3, -0.25) is 4.79 Å². The number of thiazole rings is 1. The van der Waals surface area contributed by atoms with E-state index < -0.39 is 0 Å². The number of nitrogens with zero attached hydrogens (tertiary/aromatic N) is 1. The second-order valence-corrected chi connectivity index (χ2v) is 6.59. The Labute approximate surface area is 142 Å². The number of nitrogens with one attached hydrogen (secondary N) is 1. The SMILES string of the molecule is COc1cc(OC)c([C@@H]2CC(=O)NCc3nc(N)sc32)cc1Cl. The highest BCUT2D eigenvalue weighted by Gasteiger charge is 2.30. The van der Waals surface area contributed by atoms with E-state index in [1.165, 1.54) is 11.3 Å². The van der Waals surface area contributed by atoms with Crippen LogP contribution in [0.15, 0.2) is 12.1 Å². The van der Waals surface area contributed by atoms with E-state index in [9.17, 15) is 4.79 Å². The number of methoxy groups -OCH3 is 2. The summed E-state index contributed by atoms with van der Waals surface area (Å²) >= 11 is 7.66. The van der Waals surface area contributed by atoms with Gasteiger partial charge in [0, 0.05) is 28.8 Å². The molecule has 3 rings (SSSR count). The lowest BCUT2D eigenvalue weighted by molar-refractivity contribution is -0.121. The summed E-state index contributed by atoms with van der Waals surface area (Å²) in [4.78, 5) is 17.3. The molecule has 2 heterocycles. The van der Waals surface area contributed by atoms with Crippen LogP contribution in [-0.4, -0.2) is 25.1 Å². The molecule has 0 aliphatic carbocycles. The number of amides is 1. The molecule has 0 unspecified atom stereocenters. The highest BCUT2D eigenvalue weighted by molar-refractivity contribution is 7.15. The van der Waals surface area contributed by atoms with Crippen LogP contribution in [-0.2, 0) is 11.3 Å². The average Bonchev–Trinajstić information content (AvgIpc) is 2.84. The van der Waals surface area contributed by atoms with Crippen LogP contribution < -0.4 is 20.5 Å². The van der Waals surface area contributed by atoms with Crippen LogP contribution >= 0.6 is 22.9 Å². The molecule has 23 heavy (non-hydrogen) atoms. The molecule has 0 saturated heterocycles. The molecular weight excluding hydrogens is 338 g/mol. The maximum absolute atomic E-state index is 12.1. The minimum absolute atomic E-state index is 0.0484. The van der Waals surface area contributed by atoms with Gasteiger partial charge in [-0.05, 0) is 6.07 Å². The molecule has 0 saturated carbocycles. The van der Waals surface area contributed by atoms with Crippen LogP contribution in [0.1, 0.15) is 28.5 Å². The molecular formula is C15H16ClN3O3S. The number of benzene rings is 1. The van der Waals surface area contributed by atoms with Gasteiger partial charge in [-0.25, -0.2) is 4.98 Å². The van der Waals surface area contributed by atoms with Crippen molar-refractivity contribution < 1.29 is 14.3 Å². The van der Waals surface area contributed by atoms with Crippen molar-refractivity contribution in [2.75, 3.05) is 20.0 Å². The summed E-state index contributed by atoms with van der Waals surface area (Å²) in [6.45, 7) is 0.380. The van der Waals surface area contributed by atoms with Crippen LogP contribution in [0, 0.1) is 0 Å². The number of aromatic nitrogens is 1. The quantitative estimate of drug-likeness (QED) is 0.885. The lowest BCUT2D eigenvalue weighted by Gasteiger charge is -2.18. The number of anilines is 1. The number of carbonyl (C=O) groups excluding carboxylic acids is 1. The zero-order valence-corrected chi connectivity index (χ0v) is 14.3. The minimum Gasteiger partial charge on any atom is -0.496 e. The molecule has 0 bridgehead atoms. The van der Waals surface area contributed by atoms with Gasteiger partial charge in [-0.2, -0.15) is 0 Å². The fraction of sp³-hybridized carbons (Fsp3) is 0.333. The Morgan fingerprint density at radius 1 is 1.35 bits per heavy atom. The van der Waals surface area contributed by atoms with E-state index >= 15 is 0 Å². The summed E-state index contributed by atoms with van der Waals surface area (Å²) in [5.74, 6) is 0.881. The van der Waals surface area contributed by atoms with Gasteiger partial charge in [-0.15, -0.1) is 11.3 Å². The van der Waals surface area contributed by atoms with Gasteiger partial charge in [0.05, 0.1) is 31.5 Å². The van der Waals surface area contributed by atoms with Crippen molar-refractivity contribution in [1.29, 1.82) is 0 Å². The van der Waals surface area contributed by atoms with Crippen molar-refractivity contribution in [2.45, 2.75) is 18.9 Å². The Morgan fingerprint density at radius 3 is 2.78 bits per heavy atom. The molecule has 1 amide bonds. The highest BCUT2D eigenvalue weighted by Crippen LogP contribution is 2.43. The maximum atomic E-state index is 12.1. The molecule has 1 aromatic carbocycles. The van der Waals surface area contributed by atoms with Gasteiger partial charge in [-0.1, -0.05) is 11.6 Å². The molecule has 0 radical (unpaired) electrons. The van der Waals surface area contributed by atoms with E-state index in [4.69, 9.17) is 26.8 Å². The monoisotopic (exact) mass is 353 g/mol. The molecule has 2 aromatic rings. The normalized spacial score (nSPS) is 17.2. The van der Waals surface area contributed by atoms with Gasteiger partial charge in [0.2, 0.25) is 5.91 Å². The Kier molecular flexibility index (Phi) is 4.32. The first kappa shape index (κ1) is 15.9. The number of hydrogen-bond acceptors (Lipinski definition) is 6. The molecule has 0 spiro atoms. The Morgan fingerprint density at radius 2 is 2.09 bits per heavy atom. The Hall–Kier alpha value is -1.99. The van der Waals surface area contributed by atoms with Crippen molar-refractivity contribution in [3.8, 4) is 11.5 Å². The van der Waals surface area contributed by atoms with Crippen molar-refractivity contribution in [3.05, 3.63) is 33.3 Å². The van der Waals surface area contributed by atoms with E-state index in [1.807, 2.05) is 0 Å². The third kappa shape index (κ3) is 2.94. The second kappa shape index (κ2) is 6.25. The van der Waals surface area contributed by atoms with Crippen LogP contribution in [0.25, 0.3) is 0 Å². The largest absolute Gasteiger partial charge is 0.496 e. The van der Waals surface area contributed by atoms with Crippen molar-refractivity contribution in [2.24, 2.45) is 0 Å². The molecule has 6 nitrogen and oxygen atoms in total. The number of ether oxygens (including phenoxy) is 2. The first-order chi connectivity index (χ1) is 11.0. The fourth-order valence-corrected chi connectivity index (χ4v) is 3.94. The zero-order valence-electron chi connectivity index (χ0n) is 12.7. The van der Waals surface area contributed by atoms with E-state index in [0.29, 0.717) is 28.2 Å². The lowest BCUT2D eigenvalue weighted by atomic mass is 9.92. The van der Waals surface area contributed by atoms with Gasteiger partial charge in [0.25, 0.3) is 0 Å². The zero-order chi connectivity index (χ0) is 16.6. The summed E-state index contributed by atoms with van der Waals surface area (Å²) < 4.78 is 10.7. The van der Waals surface area contributed by atoms with E-state index in [1.54, 1.807) is 26.4 Å². The Balaban J connectivity index is 2.15. The second-order valence-electron chi connectivity index (χ2n) is 5.13. The molecule has 1 aliphatic heterocycles. The van der Waals surface area contributed by atoms with Crippen molar-refractivity contribution >= 4 is 34.0 Å². The van der Waals surface area contributed by atoms with Crippen LogP contribution in [0.3, 0.4) is 0 Å². The fourth-order valence-electron chi connectivity index (χ4n) is 2.72. The third-order valence-electron chi connectivity index (χ3n) is 3.78. The molecule has 1 aliphatic rings. The minimum atomic E-state index is -0.208. The third-order valence-corrected chi connectivity index (χ3v) is 5.12. The average molecular weight is 354 g/mol. The molecule has 1 aromatic heterocycles. The number of halogens is 1. The lowest BCUT2D eigenvalue weighted by Crippen LogP contribution is -2.21. The van der Waals surface area contributed by atoms with Crippen LogP contribution in [0.2, 0.25) is 5.02 Å². The summed E-state index contributed by atoms with van der Waals surface area (Å²) in [7, 11) is 3.12. The summed E-state index contributed by atoms with van der Waals surface area (Å²) in [6.07, 6.45) is 0.285. The number of carbonyl (C=O) groups is 1. The summed E-state index contributed by atoms with van der Waals surface area (Å²) in [6, 6.07) is 3.51. The topological polar surface area (TPSA) is 86.5 Å². The smallest absolute Gasteiger partial charge is 0.221 e. The van der Waals surface area contributed by atoms with Crippen LogP contribution in [0.4, 0.5) is 5.13 Å².